The van der Waals surface area contributed by atoms with E-state index in [1.165, 1.54) is 12.3 Å². The van der Waals surface area contributed by atoms with Gasteiger partial charge in [0.2, 0.25) is 5.88 Å². The van der Waals surface area contributed by atoms with Crippen LogP contribution in [0.25, 0.3) is 11.1 Å². The Bertz CT molecular complexity index is 485. The van der Waals surface area contributed by atoms with E-state index in [0.717, 1.165) is 0 Å². The smallest absolute Gasteiger partial charge is 0.387 e. The quantitative estimate of drug-likeness (QED) is 0.873. The Balaban J connectivity index is 2.44. The van der Waals surface area contributed by atoms with Gasteiger partial charge in [0.1, 0.15) is 5.75 Å². The number of nitrogen functional groups attached to an aromatic ring is 1. The summed E-state index contributed by atoms with van der Waals surface area (Å²) in [5, 5.41) is 3.48. The number of hydrogen-bond donors (Lipinski definition) is 1. The van der Waals surface area contributed by atoms with Crippen molar-refractivity contribution < 1.29 is 18.0 Å². The lowest BCUT2D eigenvalue weighted by Gasteiger charge is -2.08. The van der Waals surface area contributed by atoms with Crippen molar-refractivity contribution >= 4 is 5.88 Å². The third kappa shape index (κ3) is 1.95. The monoisotopic (exact) mass is 226 g/mol. The number of alkyl halides is 2. The van der Waals surface area contributed by atoms with E-state index in [2.05, 4.69) is 14.4 Å². The van der Waals surface area contributed by atoms with E-state index >= 15 is 0 Å². The molecular weight excluding hydrogens is 218 g/mol. The molecule has 2 rings (SSSR count). The first-order valence-electron chi connectivity index (χ1n) is 4.43. The molecule has 1 aromatic heterocycles. The Morgan fingerprint density at radius 3 is 2.62 bits per heavy atom. The normalized spacial score (nSPS) is 10.7. The van der Waals surface area contributed by atoms with Gasteiger partial charge in [-0.15, -0.1) is 0 Å². The van der Waals surface area contributed by atoms with Gasteiger partial charge in [-0.25, -0.2) is 0 Å². The van der Waals surface area contributed by atoms with Gasteiger partial charge in [-0.3, -0.25) is 0 Å². The minimum Gasteiger partial charge on any atom is -0.434 e. The van der Waals surface area contributed by atoms with Crippen LogP contribution in [-0.2, 0) is 0 Å². The second-order valence-electron chi connectivity index (χ2n) is 2.98. The highest BCUT2D eigenvalue weighted by Gasteiger charge is 2.14. The molecule has 0 saturated carbocycles. The largest absolute Gasteiger partial charge is 0.434 e. The number of ether oxygens (including phenoxy) is 1. The number of nitrogens with two attached hydrogens (primary N) is 1. The molecule has 2 aromatic rings. The maximum absolute atomic E-state index is 12.2. The van der Waals surface area contributed by atoms with E-state index in [1.807, 2.05) is 0 Å². The molecule has 0 saturated heterocycles. The Kier molecular flexibility index (Phi) is 2.72. The number of benzene rings is 1. The summed E-state index contributed by atoms with van der Waals surface area (Å²) in [6.07, 6.45) is 1.35. The first-order chi connectivity index (χ1) is 7.68. The SMILES string of the molecule is Nc1oncc1-c1ccccc1OC(F)F. The summed E-state index contributed by atoms with van der Waals surface area (Å²) >= 11 is 0. The number of hydrogen-bond acceptors (Lipinski definition) is 4. The number of anilines is 1. The van der Waals surface area contributed by atoms with Crippen molar-refractivity contribution in [2.24, 2.45) is 0 Å². The van der Waals surface area contributed by atoms with Gasteiger partial charge in [0.15, 0.2) is 0 Å². The van der Waals surface area contributed by atoms with E-state index in [4.69, 9.17) is 5.73 Å². The summed E-state index contributed by atoms with van der Waals surface area (Å²) in [4.78, 5) is 0. The van der Waals surface area contributed by atoms with Gasteiger partial charge < -0.3 is 15.0 Å². The topological polar surface area (TPSA) is 61.3 Å². The van der Waals surface area contributed by atoms with Gasteiger partial charge in [0.25, 0.3) is 0 Å². The molecule has 16 heavy (non-hydrogen) atoms. The van der Waals surface area contributed by atoms with Crippen LogP contribution < -0.4 is 10.5 Å². The predicted octanol–water partition coefficient (Wildman–Crippen LogP) is 2.53. The third-order valence-electron chi connectivity index (χ3n) is 1.99. The van der Waals surface area contributed by atoms with Crippen LogP contribution in [0.4, 0.5) is 14.7 Å². The molecule has 4 nitrogen and oxygen atoms in total. The number of halogens is 2. The Labute approximate surface area is 89.6 Å². The molecule has 0 unspecified atom stereocenters. The van der Waals surface area contributed by atoms with Crippen LogP contribution in [0.2, 0.25) is 0 Å². The van der Waals surface area contributed by atoms with E-state index in [0.29, 0.717) is 11.1 Å². The zero-order chi connectivity index (χ0) is 11.5. The fourth-order valence-electron chi connectivity index (χ4n) is 1.34. The molecular formula is C10H8F2N2O2. The zero-order valence-corrected chi connectivity index (χ0v) is 8.06. The lowest BCUT2D eigenvalue weighted by molar-refractivity contribution is -0.0494. The highest BCUT2D eigenvalue weighted by atomic mass is 19.3. The predicted molar refractivity (Wildman–Crippen MR) is 53.0 cm³/mol. The van der Waals surface area contributed by atoms with Crippen molar-refractivity contribution in [3.63, 3.8) is 0 Å². The van der Waals surface area contributed by atoms with Crippen molar-refractivity contribution in [1.82, 2.24) is 5.16 Å². The second kappa shape index (κ2) is 4.18. The molecule has 1 aromatic carbocycles. The van der Waals surface area contributed by atoms with Gasteiger partial charge in [-0.05, 0) is 6.07 Å². The Hall–Kier alpha value is -2.11. The maximum Gasteiger partial charge on any atom is 0.387 e. The molecule has 84 valence electrons. The molecule has 0 spiro atoms. The van der Waals surface area contributed by atoms with Gasteiger partial charge in [-0.2, -0.15) is 8.78 Å². The molecule has 0 radical (unpaired) electrons. The summed E-state index contributed by atoms with van der Waals surface area (Å²) in [7, 11) is 0. The minimum absolute atomic E-state index is 0.0346. The molecule has 0 aliphatic heterocycles. The fourth-order valence-corrected chi connectivity index (χ4v) is 1.34. The number of aromatic nitrogens is 1. The van der Waals surface area contributed by atoms with Gasteiger partial charge in [0.05, 0.1) is 11.8 Å². The molecule has 0 aliphatic rings. The van der Waals surface area contributed by atoms with Crippen LogP contribution in [0.3, 0.4) is 0 Å². The molecule has 0 bridgehead atoms. The average molecular weight is 226 g/mol. The molecule has 0 atom stereocenters. The van der Waals surface area contributed by atoms with Crippen LogP contribution in [0, 0.1) is 0 Å². The van der Waals surface area contributed by atoms with E-state index in [-0.39, 0.29) is 11.6 Å². The molecule has 2 N–H and O–H groups in total. The standard InChI is InChI=1S/C10H8F2N2O2/c11-10(12)15-8-4-2-1-3-6(8)7-5-14-16-9(7)13/h1-5,10H,13H2. The number of rotatable bonds is 3. The first-order valence-corrected chi connectivity index (χ1v) is 4.43. The van der Waals surface area contributed by atoms with E-state index < -0.39 is 6.61 Å². The van der Waals surface area contributed by atoms with Gasteiger partial charge in [-0.1, -0.05) is 23.4 Å². The lowest BCUT2D eigenvalue weighted by atomic mass is 10.1. The highest BCUT2D eigenvalue weighted by molar-refractivity contribution is 5.76. The van der Waals surface area contributed by atoms with Gasteiger partial charge >= 0.3 is 6.61 Å². The van der Waals surface area contributed by atoms with Crippen LogP contribution in [-0.4, -0.2) is 11.8 Å². The van der Waals surface area contributed by atoms with Crippen LogP contribution in [0.5, 0.6) is 5.75 Å². The lowest BCUT2D eigenvalue weighted by Crippen LogP contribution is -2.03. The van der Waals surface area contributed by atoms with Gasteiger partial charge in [0, 0.05) is 5.56 Å². The third-order valence-corrected chi connectivity index (χ3v) is 1.99. The number of nitrogens with zero attached hydrogens (tertiary/aromatic N) is 1. The number of para-hydroxylation sites is 1. The maximum atomic E-state index is 12.2. The van der Waals surface area contributed by atoms with Crippen LogP contribution in [0.1, 0.15) is 0 Å². The minimum atomic E-state index is -2.89. The van der Waals surface area contributed by atoms with Crippen LogP contribution >= 0.6 is 0 Å². The van der Waals surface area contributed by atoms with Crippen molar-refractivity contribution in [1.29, 1.82) is 0 Å². The summed E-state index contributed by atoms with van der Waals surface area (Å²) < 4.78 is 33.3. The highest BCUT2D eigenvalue weighted by Crippen LogP contribution is 2.34. The van der Waals surface area contributed by atoms with Crippen molar-refractivity contribution in [2.75, 3.05) is 5.73 Å². The zero-order valence-electron chi connectivity index (χ0n) is 8.06. The fraction of sp³-hybridized carbons (Fsp3) is 0.100. The summed E-state index contributed by atoms with van der Waals surface area (Å²) in [5.41, 5.74) is 6.35. The summed E-state index contributed by atoms with van der Waals surface area (Å²) in [5.74, 6) is 0.0951. The molecule has 0 aliphatic carbocycles. The second-order valence-corrected chi connectivity index (χ2v) is 2.98. The van der Waals surface area contributed by atoms with Crippen molar-refractivity contribution in [3.8, 4) is 16.9 Å². The molecule has 0 amide bonds. The Morgan fingerprint density at radius 1 is 1.25 bits per heavy atom. The average Bonchev–Trinajstić information content (AvgIpc) is 2.64. The molecule has 1 heterocycles. The van der Waals surface area contributed by atoms with E-state index in [1.54, 1.807) is 18.2 Å². The van der Waals surface area contributed by atoms with Crippen molar-refractivity contribution in [2.45, 2.75) is 6.61 Å². The van der Waals surface area contributed by atoms with Crippen molar-refractivity contribution in [3.05, 3.63) is 30.5 Å². The summed E-state index contributed by atoms with van der Waals surface area (Å²) in [6.45, 7) is -2.89. The first kappa shape index (κ1) is 10.4. The Morgan fingerprint density at radius 2 is 2.00 bits per heavy atom. The summed E-state index contributed by atoms with van der Waals surface area (Å²) in [6, 6.07) is 6.29. The molecule has 6 heteroatoms. The molecule has 0 fully saturated rings. The van der Waals surface area contributed by atoms with Crippen LogP contribution in [0.15, 0.2) is 35.0 Å². The van der Waals surface area contributed by atoms with E-state index in [9.17, 15) is 8.78 Å².